The van der Waals surface area contributed by atoms with Crippen LogP contribution < -0.4 is 0 Å². The predicted octanol–water partition coefficient (Wildman–Crippen LogP) is 6.20. The van der Waals surface area contributed by atoms with Crippen molar-refractivity contribution in [1.82, 2.24) is 0 Å². The summed E-state index contributed by atoms with van der Waals surface area (Å²) in [6, 6.07) is 0. The Morgan fingerprint density at radius 3 is 2.18 bits per heavy atom. The minimum atomic E-state index is -0.679. The van der Waals surface area contributed by atoms with Crippen LogP contribution in [0, 0.1) is 50.2 Å². The minimum absolute atomic E-state index is 0.00785. The van der Waals surface area contributed by atoms with E-state index in [4.69, 9.17) is 0 Å². The molecular weight excluding hydrogens is 424 g/mol. The normalized spacial score (nSPS) is 53.4. The highest BCUT2D eigenvalue weighted by Gasteiger charge is 2.70. The third-order valence-electron chi connectivity index (χ3n) is 13.0. The Hall–Kier alpha value is -0.870. The number of carboxylic acid groups (broad SMARTS) is 1. The first-order valence-electron chi connectivity index (χ1n) is 13.9. The number of carbonyl (C=O) groups is 1. The maximum Gasteiger partial charge on any atom is 0.310 e. The molecule has 0 aliphatic heterocycles. The average Bonchev–Trinajstić information content (AvgIpc) is 2.72. The number of aliphatic carboxylic acids is 1. The summed E-state index contributed by atoms with van der Waals surface area (Å²) in [5.74, 6) is 0.365. The first-order valence-corrected chi connectivity index (χ1v) is 13.9. The Morgan fingerprint density at radius 2 is 1.53 bits per heavy atom. The van der Waals surface area contributed by atoms with Crippen LogP contribution in [0.5, 0.6) is 0 Å². The fraction of sp³-hybridized carbons (Fsp3) is 0.900. The number of hydrogen-bond acceptors (Lipinski definition) is 3. The van der Waals surface area contributed by atoms with Gasteiger partial charge in [-0.2, -0.15) is 0 Å². The van der Waals surface area contributed by atoms with Crippen molar-refractivity contribution >= 4 is 5.97 Å². The first-order chi connectivity index (χ1) is 15.6. The van der Waals surface area contributed by atoms with Crippen LogP contribution in [0.2, 0.25) is 0 Å². The van der Waals surface area contributed by atoms with Crippen LogP contribution in [0.3, 0.4) is 0 Å². The molecule has 5 aliphatic rings. The molecule has 3 N–H and O–H groups in total. The Morgan fingerprint density at radius 1 is 0.882 bits per heavy atom. The van der Waals surface area contributed by atoms with Crippen molar-refractivity contribution in [1.29, 1.82) is 0 Å². The molecule has 4 heteroatoms. The number of carboxylic acids is 1. The maximum atomic E-state index is 12.8. The molecule has 4 nitrogen and oxygen atoms in total. The molecule has 0 bridgehead atoms. The van der Waals surface area contributed by atoms with Crippen molar-refractivity contribution in [3.8, 4) is 0 Å². The molecule has 0 heterocycles. The van der Waals surface area contributed by atoms with Gasteiger partial charge < -0.3 is 15.3 Å². The van der Waals surface area contributed by atoms with Crippen molar-refractivity contribution < 1.29 is 20.1 Å². The van der Waals surface area contributed by atoms with E-state index < -0.39 is 23.6 Å². The lowest BCUT2D eigenvalue weighted by Crippen LogP contribution is -2.67. The Kier molecular flexibility index (Phi) is 5.20. The van der Waals surface area contributed by atoms with Crippen LogP contribution >= 0.6 is 0 Å². The minimum Gasteiger partial charge on any atom is -0.481 e. The fourth-order valence-corrected chi connectivity index (χ4v) is 10.8. The van der Waals surface area contributed by atoms with Gasteiger partial charge in [0.15, 0.2) is 0 Å². The van der Waals surface area contributed by atoms with Crippen molar-refractivity contribution in [2.24, 2.45) is 50.2 Å². The van der Waals surface area contributed by atoms with Gasteiger partial charge in [-0.15, -0.1) is 0 Å². The Labute approximate surface area is 206 Å². The summed E-state index contributed by atoms with van der Waals surface area (Å²) in [5, 5.41) is 32.4. The van der Waals surface area contributed by atoms with E-state index in [1.807, 2.05) is 0 Å². The van der Waals surface area contributed by atoms with E-state index in [0.717, 1.165) is 51.4 Å². The maximum absolute atomic E-state index is 12.8. The van der Waals surface area contributed by atoms with E-state index in [-0.39, 0.29) is 33.0 Å². The predicted molar refractivity (Wildman–Crippen MR) is 134 cm³/mol. The second-order valence-corrected chi connectivity index (χ2v) is 15.2. The summed E-state index contributed by atoms with van der Waals surface area (Å²) >= 11 is 0. The molecule has 0 aromatic heterocycles. The third-order valence-corrected chi connectivity index (χ3v) is 13.0. The largest absolute Gasteiger partial charge is 0.481 e. The SMILES string of the molecule is CC1(C)CC[C@]2(C(=O)O)CC[C@@]3(C)C(=CC[C@@H]4[C@@]5(C)C[C@@H](O)[C@@H](O)C(C)(C)[C@@H]5CC[C@]43C)[C@@H]2C1. The highest BCUT2D eigenvalue weighted by molar-refractivity contribution is 5.76. The molecule has 9 atom stereocenters. The van der Waals surface area contributed by atoms with Crippen LogP contribution in [0.15, 0.2) is 11.6 Å². The number of rotatable bonds is 1. The van der Waals surface area contributed by atoms with Gasteiger partial charge in [0.2, 0.25) is 0 Å². The number of hydrogen-bond donors (Lipinski definition) is 3. The van der Waals surface area contributed by atoms with Crippen LogP contribution in [0.25, 0.3) is 0 Å². The topological polar surface area (TPSA) is 77.8 Å². The zero-order valence-corrected chi connectivity index (χ0v) is 22.6. The molecule has 0 radical (unpaired) electrons. The van der Waals surface area contributed by atoms with Crippen molar-refractivity contribution in [2.45, 2.75) is 118 Å². The van der Waals surface area contributed by atoms with Gasteiger partial charge in [0.05, 0.1) is 17.6 Å². The molecule has 0 unspecified atom stereocenters. The summed E-state index contributed by atoms with van der Waals surface area (Å²) in [5.41, 5.74) is 0.754. The van der Waals surface area contributed by atoms with Crippen LogP contribution in [-0.4, -0.2) is 33.5 Å². The number of allylic oxidation sites excluding steroid dienone is 2. The summed E-state index contributed by atoms with van der Waals surface area (Å²) in [4.78, 5) is 12.8. The number of aliphatic hydroxyl groups is 2. The second kappa shape index (κ2) is 7.12. The molecular formula is C30H48O4. The lowest BCUT2D eigenvalue weighted by atomic mass is 9.33. The zero-order valence-electron chi connectivity index (χ0n) is 22.6. The molecule has 0 aromatic rings. The molecule has 0 aromatic carbocycles. The van der Waals surface area contributed by atoms with Crippen LogP contribution in [0.4, 0.5) is 0 Å². The highest BCUT2D eigenvalue weighted by Crippen LogP contribution is 2.75. The van der Waals surface area contributed by atoms with Crippen molar-refractivity contribution in [3.63, 3.8) is 0 Å². The van der Waals surface area contributed by atoms with Gasteiger partial charge in [0, 0.05) is 0 Å². The quantitative estimate of drug-likeness (QED) is 0.397. The molecule has 34 heavy (non-hydrogen) atoms. The standard InChI is InChI=1S/C30H48O4/c1-25(2)12-14-30(24(33)34)15-13-28(6)18(19(30)16-25)8-9-22-27(5)17-20(31)23(32)26(3,4)21(27)10-11-29(22,28)7/h8,19-23,31-32H,9-17H2,1-7H3,(H,33,34)/t19-,20+,21-,22+,23+,27-,28-,29+,30-/m0/s1. The van der Waals surface area contributed by atoms with Gasteiger partial charge in [-0.1, -0.05) is 60.1 Å². The van der Waals surface area contributed by atoms with E-state index in [1.165, 1.54) is 5.57 Å². The molecule has 4 fully saturated rings. The van der Waals surface area contributed by atoms with Gasteiger partial charge in [0.1, 0.15) is 0 Å². The van der Waals surface area contributed by atoms with Crippen molar-refractivity contribution in [2.75, 3.05) is 0 Å². The summed E-state index contributed by atoms with van der Waals surface area (Å²) in [6.07, 6.45) is 9.45. The van der Waals surface area contributed by atoms with Gasteiger partial charge in [-0.25, -0.2) is 0 Å². The molecule has 0 amide bonds. The number of aliphatic hydroxyl groups excluding tert-OH is 2. The summed E-state index contributed by atoms with van der Waals surface area (Å²) in [6.45, 7) is 16.3. The Bertz CT molecular complexity index is 919. The average molecular weight is 473 g/mol. The van der Waals surface area contributed by atoms with Crippen LogP contribution in [0.1, 0.15) is 106 Å². The van der Waals surface area contributed by atoms with Gasteiger partial charge in [-0.05, 0) is 103 Å². The molecule has 5 aliphatic carbocycles. The monoisotopic (exact) mass is 472 g/mol. The van der Waals surface area contributed by atoms with Gasteiger partial charge in [0.25, 0.3) is 0 Å². The lowest BCUT2D eigenvalue weighted by Gasteiger charge is -2.71. The van der Waals surface area contributed by atoms with E-state index in [2.05, 4.69) is 54.5 Å². The van der Waals surface area contributed by atoms with Gasteiger partial charge >= 0.3 is 5.97 Å². The smallest absolute Gasteiger partial charge is 0.310 e. The van der Waals surface area contributed by atoms with E-state index in [0.29, 0.717) is 18.3 Å². The van der Waals surface area contributed by atoms with E-state index in [1.54, 1.807) is 0 Å². The van der Waals surface area contributed by atoms with Gasteiger partial charge in [-0.3, -0.25) is 4.79 Å². The fourth-order valence-electron chi connectivity index (χ4n) is 10.8. The lowest BCUT2D eigenvalue weighted by molar-refractivity contribution is -0.231. The molecule has 0 saturated heterocycles. The first kappa shape index (κ1) is 24.8. The molecule has 4 saturated carbocycles. The third kappa shape index (κ3) is 2.88. The highest BCUT2D eigenvalue weighted by atomic mass is 16.4. The Balaban J connectivity index is 1.61. The van der Waals surface area contributed by atoms with E-state index in [9.17, 15) is 20.1 Å². The van der Waals surface area contributed by atoms with Crippen molar-refractivity contribution in [3.05, 3.63) is 11.6 Å². The number of fused-ring (bicyclic) bond motifs is 7. The molecule has 0 spiro atoms. The zero-order chi connectivity index (χ0) is 25.1. The summed E-state index contributed by atoms with van der Waals surface area (Å²) in [7, 11) is 0. The molecule has 192 valence electrons. The van der Waals surface area contributed by atoms with Crippen LogP contribution in [-0.2, 0) is 4.79 Å². The molecule has 5 rings (SSSR count). The van der Waals surface area contributed by atoms with E-state index >= 15 is 0 Å². The second-order valence-electron chi connectivity index (χ2n) is 15.2. The summed E-state index contributed by atoms with van der Waals surface area (Å²) < 4.78 is 0.